The highest BCUT2D eigenvalue weighted by molar-refractivity contribution is 7.89. The Morgan fingerprint density at radius 3 is 2.29 bits per heavy atom. The van der Waals surface area contributed by atoms with Crippen LogP contribution in [0, 0.1) is 6.92 Å². The normalized spacial score (nSPS) is 11.9. The summed E-state index contributed by atoms with van der Waals surface area (Å²) < 4.78 is 31.5. The van der Waals surface area contributed by atoms with Gasteiger partial charge in [-0.1, -0.05) is 6.92 Å². The van der Waals surface area contributed by atoms with E-state index in [4.69, 9.17) is 14.9 Å². The lowest BCUT2D eigenvalue weighted by Gasteiger charge is -2.21. The van der Waals surface area contributed by atoms with E-state index in [2.05, 4.69) is 0 Å². The summed E-state index contributed by atoms with van der Waals surface area (Å²) in [5.74, 6) is 0.659. The second kappa shape index (κ2) is 8.33. The van der Waals surface area contributed by atoms with Crippen LogP contribution in [0.2, 0.25) is 0 Å². The zero-order valence-corrected chi connectivity index (χ0v) is 13.3. The smallest absolute Gasteiger partial charge is 0.243 e. The second-order valence-electron chi connectivity index (χ2n) is 4.63. The van der Waals surface area contributed by atoms with E-state index in [1.54, 1.807) is 19.1 Å². The third-order valence-corrected chi connectivity index (χ3v) is 4.84. The Hall–Kier alpha value is -1.15. The lowest BCUT2D eigenvalue weighted by molar-refractivity contribution is 0.217. The molecule has 0 fully saturated rings. The highest BCUT2D eigenvalue weighted by Gasteiger charge is 2.24. The maximum absolute atomic E-state index is 12.5. The van der Waals surface area contributed by atoms with Crippen LogP contribution in [-0.4, -0.2) is 55.8 Å². The molecule has 0 heterocycles. The predicted molar refractivity (Wildman–Crippen MR) is 79.9 cm³/mol. The van der Waals surface area contributed by atoms with Gasteiger partial charge < -0.3 is 14.9 Å². The Bertz CT molecular complexity index is 538. The molecule has 0 spiro atoms. The Morgan fingerprint density at radius 2 is 1.81 bits per heavy atom. The molecule has 0 saturated carbocycles. The van der Waals surface area contributed by atoms with Crippen molar-refractivity contribution in [3.05, 3.63) is 23.8 Å². The van der Waals surface area contributed by atoms with Crippen LogP contribution < -0.4 is 4.74 Å². The Balaban J connectivity index is 3.04. The van der Waals surface area contributed by atoms with Gasteiger partial charge in [0.2, 0.25) is 10.0 Å². The van der Waals surface area contributed by atoms with Crippen LogP contribution in [0.15, 0.2) is 23.1 Å². The lowest BCUT2D eigenvalue weighted by Crippen LogP contribution is -2.35. The SMILES string of the molecule is CCCOc1ccc(S(=O)(=O)N(CCO)CCO)cc1C. The van der Waals surface area contributed by atoms with E-state index in [1.165, 1.54) is 6.07 Å². The maximum Gasteiger partial charge on any atom is 0.243 e. The van der Waals surface area contributed by atoms with Crippen LogP contribution >= 0.6 is 0 Å². The van der Waals surface area contributed by atoms with Crippen LogP contribution in [0.5, 0.6) is 5.75 Å². The predicted octanol–water partition coefficient (Wildman–Crippen LogP) is 0.759. The van der Waals surface area contributed by atoms with Crippen molar-refractivity contribution in [3.8, 4) is 5.75 Å². The molecule has 0 bridgehead atoms. The minimum Gasteiger partial charge on any atom is -0.493 e. The number of aryl methyl sites for hydroxylation is 1. The molecule has 0 aromatic heterocycles. The Labute approximate surface area is 126 Å². The van der Waals surface area contributed by atoms with Crippen LogP contribution in [0.4, 0.5) is 0 Å². The van der Waals surface area contributed by atoms with Crippen LogP contribution in [-0.2, 0) is 10.0 Å². The third-order valence-electron chi connectivity index (χ3n) is 2.94. The van der Waals surface area contributed by atoms with Gasteiger partial charge in [-0.25, -0.2) is 8.42 Å². The summed E-state index contributed by atoms with van der Waals surface area (Å²) in [6, 6.07) is 4.66. The van der Waals surface area contributed by atoms with Crippen molar-refractivity contribution < 1.29 is 23.4 Å². The molecule has 0 saturated heterocycles. The lowest BCUT2D eigenvalue weighted by atomic mass is 10.2. The van der Waals surface area contributed by atoms with Crippen molar-refractivity contribution >= 4 is 10.0 Å². The van der Waals surface area contributed by atoms with Crippen LogP contribution in [0.1, 0.15) is 18.9 Å². The van der Waals surface area contributed by atoms with Crippen molar-refractivity contribution in [2.75, 3.05) is 32.9 Å². The first-order valence-electron chi connectivity index (χ1n) is 6.92. The molecule has 1 aromatic carbocycles. The van der Waals surface area contributed by atoms with Gasteiger partial charge in [-0.05, 0) is 37.1 Å². The number of sulfonamides is 1. The van der Waals surface area contributed by atoms with Gasteiger partial charge in [-0.15, -0.1) is 0 Å². The van der Waals surface area contributed by atoms with Gasteiger partial charge in [0, 0.05) is 13.1 Å². The summed E-state index contributed by atoms with van der Waals surface area (Å²) in [7, 11) is -3.73. The molecule has 0 unspecified atom stereocenters. The summed E-state index contributed by atoms with van der Waals surface area (Å²) in [5, 5.41) is 17.9. The molecule has 2 N–H and O–H groups in total. The molecule has 120 valence electrons. The average molecular weight is 317 g/mol. The Morgan fingerprint density at radius 1 is 1.19 bits per heavy atom. The van der Waals surface area contributed by atoms with Gasteiger partial charge in [0.25, 0.3) is 0 Å². The van der Waals surface area contributed by atoms with Gasteiger partial charge in [-0.3, -0.25) is 0 Å². The fraction of sp³-hybridized carbons (Fsp3) is 0.571. The number of rotatable bonds is 9. The zero-order valence-electron chi connectivity index (χ0n) is 12.4. The van der Waals surface area contributed by atoms with Gasteiger partial charge >= 0.3 is 0 Å². The molecule has 0 radical (unpaired) electrons. The third kappa shape index (κ3) is 4.67. The molecule has 0 amide bonds. The molecule has 7 heteroatoms. The highest BCUT2D eigenvalue weighted by Crippen LogP contribution is 2.24. The monoisotopic (exact) mass is 317 g/mol. The van der Waals surface area contributed by atoms with Crippen molar-refractivity contribution in [2.24, 2.45) is 0 Å². The molecule has 0 aliphatic heterocycles. The summed E-state index contributed by atoms with van der Waals surface area (Å²) in [5.41, 5.74) is 0.734. The summed E-state index contributed by atoms with van der Waals surface area (Å²) in [4.78, 5) is 0.130. The number of ether oxygens (including phenoxy) is 1. The van der Waals surface area contributed by atoms with Crippen molar-refractivity contribution in [2.45, 2.75) is 25.2 Å². The number of aliphatic hydroxyl groups is 2. The van der Waals surface area contributed by atoms with E-state index < -0.39 is 10.0 Å². The molecule has 1 rings (SSSR count). The van der Waals surface area contributed by atoms with Crippen molar-refractivity contribution in [1.82, 2.24) is 4.31 Å². The fourth-order valence-corrected chi connectivity index (χ4v) is 3.39. The molecule has 21 heavy (non-hydrogen) atoms. The molecule has 0 aliphatic carbocycles. The summed E-state index contributed by atoms with van der Waals surface area (Å²) in [6.45, 7) is 3.67. The molecular weight excluding hydrogens is 294 g/mol. The minimum absolute atomic E-state index is 0.0456. The average Bonchev–Trinajstić information content (AvgIpc) is 2.45. The first kappa shape index (κ1) is 17.9. The number of aliphatic hydroxyl groups excluding tert-OH is 2. The summed E-state index contributed by atoms with van der Waals surface area (Å²) in [6.07, 6.45) is 0.875. The van der Waals surface area contributed by atoms with E-state index >= 15 is 0 Å². The van der Waals surface area contributed by atoms with Crippen molar-refractivity contribution in [3.63, 3.8) is 0 Å². The highest BCUT2D eigenvalue weighted by atomic mass is 32.2. The fourth-order valence-electron chi connectivity index (χ4n) is 1.88. The maximum atomic E-state index is 12.5. The van der Waals surface area contributed by atoms with Crippen LogP contribution in [0.25, 0.3) is 0 Å². The van der Waals surface area contributed by atoms with E-state index in [0.29, 0.717) is 12.4 Å². The quantitative estimate of drug-likeness (QED) is 0.702. The van der Waals surface area contributed by atoms with Gasteiger partial charge in [-0.2, -0.15) is 4.31 Å². The van der Waals surface area contributed by atoms with Gasteiger partial charge in [0.1, 0.15) is 5.75 Å². The summed E-state index contributed by atoms with van der Waals surface area (Å²) >= 11 is 0. The topological polar surface area (TPSA) is 87.1 Å². The van der Waals surface area contributed by atoms with E-state index in [0.717, 1.165) is 16.3 Å². The van der Waals surface area contributed by atoms with Crippen molar-refractivity contribution in [1.29, 1.82) is 0 Å². The zero-order chi connectivity index (χ0) is 15.9. The van der Waals surface area contributed by atoms with E-state index in [1.807, 2.05) is 6.92 Å². The molecule has 6 nitrogen and oxygen atoms in total. The second-order valence-corrected chi connectivity index (χ2v) is 6.56. The first-order valence-corrected chi connectivity index (χ1v) is 8.36. The van der Waals surface area contributed by atoms with Gasteiger partial charge in [0.05, 0.1) is 24.7 Å². The van der Waals surface area contributed by atoms with Gasteiger partial charge in [0.15, 0.2) is 0 Å². The minimum atomic E-state index is -3.73. The first-order chi connectivity index (χ1) is 9.97. The number of benzene rings is 1. The number of hydrogen-bond donors (Lipinski definition) is 2. The van der Waals surface area contributed by atoms with E-state index in [9.17, 15) is 8.42 Å². The van der Waals surface area contributed by atoms with Crippen LogP contribution in [0.3, 0.4) is 0 Å². The molecule has 1 aromatic rings. The molecule has 0 aliphatic rings. The largest absolute Gasteiger partial charge is 0.493 e. The standard InChI is InChI=1S/C14H23NO5S/c1-3-10-20-14-5-4-13(11-12(14)2)21(18,19)15(6-8-16)7-9-17/h4-5,11,16-17H,3,6-10H2,1-2H3. The molecular formula is C14H23NO5S. The molecule has 0 atom stereocenters. The Kier molecular flexibility index (Phi) is 7.10. The number of nitrogens with zero attached hydrogens (tertiary/aromatic N) is 1. The van der Waals surface area contributed by atoms with E-state index in [-0.39, 0.29) is 31.2 Å². The number of hydrogen-bond acceptors (Lipinski definition) is 5.